The smallest absolute Gasteiger partial charge is 0.335 e. The van der Waals surface area contributed by atoms with Crippen LogP contribution in [0, 0.1) is 11.6 Å². The molecule has 0 aliphatic carbocycles. The highest BCUT2D eigenvalue weighted by Gasteiger charge is 2.23. The van der Waals surface area contributed by atoms with Crippen LogP contribution in [0.3, 0.4) is 0 Å². The fourth-order valence-electron chi connectivity index (χ4n) is 2.06. The van der Waals surface area contributed by atoms with Crippen molar-refractivity contribution in [2.24, 2.45) is 0 Å². The van der Waals surface area contributed by atoms with Crippen molar-refractivity contribution >= 4 is 16.0 Å². The number of rotatable bonds is 5. The van der Waals surface area contributed by atoms with Crippen LogP contribution in [-0.4, -0.2) is 19.5 Å². The summed E-state index contributed by atoms with van der Waals surface area (Å²) in [5.74, 6) is -2.91. The largest absolute Gasteiger partial charge is 0.478 e. The molecule has 5 nitrogen and oxygen atoms in total. The molecule has 0 amide bonds. The number of aromatic carboxylic acids is 1. The highest BCUT2D eigenvalue weighted by atomic mass is 32.2. The standard InChI is InChI=1S/C15H13F2NO4S/c1-9(14-12(16)3-2-4-13(14)17)18-23(21,22)11-7-5-10(6-8-11)15(19)20/h2-9,18H,1H3,(H,19,20). The fourth-order valence-corrected chi connectivity index (χ4v) is 3.27. The van der Waals surface area contributed by atoms with E-state index >= 15 is 0 Å². The molecule has 1 atom stereocenters. The van der Waals surface area contributed by atoms with Gasteiger partial charge in [-0.3, -0.25) is 0 Å². The van der Waals surface area contributed by atoms with Crippen LogP contribution in [0.1, 0.15) is 28.9 Å². The predicted octanol–water partition coefficient (Wildman–Crippen LogP) is 2.70. The van der Waals surface area contributed by atoms with Gasteiger partial charge in [0.15, 0.2) is 0 Å². The maximum absolute atomic E-state index is 13.7. The second-order valence-corrected chi connectivity index (χ2v) is 6.52. The predicted molar refractivity (Wildman–Crippen MR) is 78.5 cm³/mol. The first-order chi connectivity index (χ1) is 10.7. The molecule has 2 N–H and O–H groups in total. The van der Waals surface area contributed by atoms with Crippen LogP contribution in [0.2, 0.25) is 0 Å². The molecular formula is C15H13F2NO4S. The van der Waals surface area contributed by atoms with Crippen molar-refractivity contribution in [1.82, 2.24) is 4.72 Å². The number of carboxylic acids is 1. The Kier molecular flexibility index (Phi) is 4.76. The zero-order chi connectivity index (χ0) is 17.2. The summed E-state index contributed by atoms with van der Waals surface area (Å²) in [7, 11) is -4.06. The molecule has 0 spiro atoms. The van der Waals surface area contributed by atoms with Gasteiger partial charge < -0.3 is 5.11 Å². The maximum atomic E-state index is 13.7. The molecule has 0 aliphatic heterocycles. The molecule has 23 heavy (non-hydrogen) atoms. The normalized spacial score (nSPS) is 12.8. The zero-order valence-corrected chi connectivity index (χ0v) is 12.8. The second-order valence-electron chi connectivity index (χ2n) is 4.81. The number of hydrogen-bond donors (Lipinski definition) is 2. The van der Waals surface area contributed by atoms with Crippen molar-refractivity contribution in [3.63, 3.8) is 0 Å². The van der Waals surface area contributed by atoms with E-state index in [-0.39, 0.29) is 10.5 Å². The molecule has 0 aromatic heterocycles. The Morgan fingerprint density at radius 1 is 1.09 bits per heavy atom. The van der Waals surface area contributed by atoms with Gasteiger partial charge in [0.1, 0.15) is 11.6 Å². The lowest BCUT2D eigenvalue weighted by Gasteiger charge is -2.16. The zero-order valence-electron chi connectivity index (χ0n) is 12.0. The van der Waals surface area contributed by atoms with Crippen molar-refractivity contribution in [2.75, 3.05) is 0 Å². The van der Waals surface area contributed by atoms with E-state index in [4.69, 9.17) is 5.11 Å². The Bertz CT molecular complexity index is 815. The lowest BCUT2D eigenvalue weighted by atomic mass is 10.1. The van der Waals surface area contributed by atoms with Crippen molar-refractivity contribution < 1.29 is 27.1 Å². The minimum atomic E-state index is -4.06. The van der Waals surface area contributed by atoms with E-state index in [0.29, 0.717) is 0 Å². The van der Waals surface area contributed by atoms with Gasteiger partial charge in [0.25, 0.3) is 0 Å². The molecule has 0 bridgehead atoms. The number of nitrogens with one attached hydrogen (secondary N) is 1. The van der Waals surface area contributed by atoms with Gasteiger partial charge in [0, 0.05) is 11.6 Å². The first kappa shape index (κ1) is 17.0. The summed E-state index contributed by atoms with van der Waals surface area (Å²) in [6.45, 7) is 1.31. The van der Waals surface area contributed by atoms with Crippen molar-refractivity contribution in [2.45, 2.75) is 17.9 Å². The fraction of sp³-hybridized carbons (Fsp3) is 0.133. The van der Waals surface area contributed by atoms with Crippen LogP contribution in [0.15, 0.2) is 47.4 Å². The molecular weight excluding hydrogens is 328 g/mol. The number of carboxylic acid groups (broad SMARTS) is 1. The molecule has 2 aromatic rings. The number of sulfonamides is 1. The lowest BCUT2D eigenvalue weighted by Crippen LogP contribution is -2.28. The summed E-state index contributed by atoms with van der Waals surface area (Å²) in [5, 5.41) is 8.79. The van der Waals surface area contributed by atoms with Gasteiger partial charge >= 0.3 is 5.97 Å². The summed E-state index contributed by atoms with van der Waals surface area (Å²) in [6.07, 6.45) is 0. The number of carbonyl (C=O) groups is 1. The van der Waals surface area contributed by atoms with Crippen LogP contribution in [0.5, 0.6) is 0 Å². The molecule has 0 aliphatic rings. The van der Waals surface area contributed by atoms with Crippen molar-refractivity contribution in [1.29, 1.82) is 0 Å². The van der Waals surface area contributed by atoms with E-state index in [1.165, 1.54) is 13.0 Å². The van der Waals surface area contributed by atoms with Gasteiger partial charge in [-0.15, -0.1) is 0 Å². The SMILES string of the molecule is CC(NS(=O)(=O)c1ccc(C(=O)O)cc1)c1c(F)cccc1F. The maximum Gasteiger partial charge on any atom is 0.335 e. The lowest BCUT2D eigenvalue weighted by molar-refractivity contribution is 0.0696. The van der Waals surface area contributed by atoms with Crippen molar-refractivity contribution in [3.8, 4) is 0 Å². The van der Waals surface area contributed by atoms with E-state index < -0.39 is 39.2 Å². The Hall–Kier alpha value is -2.32. The van der Waals surface area contributed by atoms with E-state index in [2.05, 4.69) is 4.72 Å². The Morgan fingerprint density at radius 2 is 1.61 bits per heavy atom. The highest BCUT2D eigenvalue weighted by molar-refractivity contribution is 7.89. The third-order valence-corrected chi connectivity index (χ3v) is 4.73. The number of hydrogen-bond acceptors (Lipinski definition) is 3. The van der Waals surface area contributed by atoms with E-state index in [1.807, 2.05) is 0 Å². The molecule has 1 unspecified atom stereocenters. The van der Waals surface area contributed by atoms with Gasteiger partial charge in [-0.05, 0) is 43.3 Å². The Morgan fingerprint density at radius 3 is 2.09 bits per heavy atom. The molecule has 2 aromatic carbocycles. The Balaban J connectivity index is 2.29. The van der Waals surface area contributed by atoms with Gasteiger partial charge in [0.05, 0.1) is 10.5 Å². The van der Waals surface area contributed by atoms with Crippen LogP contribution in [-0.2, 0) is 10.0 Å². The quantitative estimate of drug-likeness (QED) is 0.876. The molecule has 2 rings (SSSR count). The molecule has 0 radical (unpaired) electrons. The van der Waals surface area contributed by atoms with Gasteiger partial charge in [0.2, 0.25) is 10.0 Å². The summed E-state index contributed by atoms with van der Waals surface area (Å²) in [4.78, 5) is 10.5. The second kappa shape index (κ2) is 6.43. The van der Waals surface area contributed by atoms with E-state index in [1.54, 1.807) is 0 Å². The van der Waals surface area contributed by atoms with Crippen LogP contribution in [0.4, 0.5) is 8.78 Å². The van der Waals surface area contributed by atoms with Crippen molar-refractivity contribution in [3.05, 3.63) is 65.2 Å². The summed E-state index contributed by atoms with van der Waals surface area (Å²) < 4.78 is 54.0. The minimum Gasteiger partial charge on any atom is -0.478 e. The first-order valence-electron chi connectivity index (χ1n) is 6.52. The monoisotopic (exact) mass is 341 g/mol. The first-order valence-corrected chi connectivity index (χ1v) is 8.00. The summed E-state index contributed by atoms with van der Waals surface area (Å²) in [6, 6.07) is 6.58. The van der Waals surface area contributed by atoms with Crippen LogP contribution in [0.25, 0.3) is 0 Å². The molecule has 0 fully saturated rings. The van der Waals surface area contributed by atoms with E-state index in [9.17, 15) is 22.0 Å². The third kappa shape index (κ3) is 3.72. The summed E-state index contributed by atoms with van der Waals surface area (Å²) >= 11 is 0. The van der Waals surface area contributed by atoms with Gasteiger partial charge in [-0.1, -0.05) is 6.07 Å². The summed E-state index contributed by atoms with van der Waals surface area (Å²) in [5.41, 5.74) is -0.463. The van der Waals surface area contributed by atoms with Crippen LogP contribution < -0.4 is 4.72 Å². The number of halogens is 2. The Labute approximate surface area is 131 Å². The molecule has 0 saturated carbocycles. The highest BCUT2D eigenvalue weighted by Crippen LogP contribution is 2.22. The molecule has 122 valence electrons. The average Bonchev–Trinajstić information content (AvgIpc) is 2.46. The topological polar surface area (TPSA) is 83.5 Å². The molecule has 8 heteroatoms. The molecule has 0 heterocycles. The number of benzene rings is 2. The van der Waals surface area contributed by atoms with E-state index in [0.717, 1.165) is 36.4 Å². The van der Waals surface area contributed by atoms with Gasteiger partial charge in [-0.2, -0.15) is 0 Å². The minimum absolute atomic E-state index is 0.0721. The van der Waals surface area contributed by atoms with Crippen LogP contribution >= 0.6 is 0 Å². The average molecular weight is 341 g/mol. The molecule has 0 saturated heterocycles. The van der Waals surface area contributed by atoms with Gasteiger partial charge in [-0.25, -0.2) is 26.7 Å². The third-order valence-electron chi connectivity index (χ3n) is 3.18.